The number of hydrogen-bond donors (Lipinski definition) is 0. The van der Waals surface area contributed by atoms with Crippen molar-refractivity contribution in [2.75, 3.05) is 0 Å². The van der Waals surface area contributed by atoms with Crippen molar-refractivity contribution in [1.29, 1.82) is 0 Å². The predicted octanol–water partition coefficient (Wildman–Crippen LogP) is 5.40. The second-order valence-corrected chi connectivity index (χ2v) is 17.6. The van der Waals surface area contributed by atoms with Crippen molar-refractivity contribution < 1.29 is 0 Å². The summed E-state index contributed by atoms with van der Waals surface area (Å²) in [5.74, 6) is 3.49. The molecule has 0 aliphatic heterocycles. The molecule has 0 fully saturated rings. The Labute approximate surface area is 107 Å². The Kier molecular flexibility index (Phi) is 10.7. The van der Waals surface area contributed by atoms with Gasteiger partial charge in [-0.05, 0) is 0 Å². The predicted molar refractivity (Wildman–Crippen MR) is 78.3 cm³/mol. The van der Waals surface area contributed by atoms with Crippen LogP contribution in [0.3, 0.4) is 0 Å². The summed E-state index contributed by atoms with van der Waals surface area (Å²) < 4.78 is 6.74. The van der Waals surface area contributed by atoms with Crippen LogP contribution in [-0.4, -0.2) is 18.4 Å². The summed E-state index contributed by atoms with van der Waals surface area (Å²) in [6.45, 7) is 6.85. The van der Waals surface area contributed by atoms with E-state index in [1.165, 1.54) is 47.4 Å². The molecule has 0 unspecified atom stereocenters. The van der Waals surface area contributed by atoms with Gasteiger partial charge in [-0.25, -0.2) is 0 Å². The number of rotatable bonds is 8. The summed E-state index contributed by atoms with van der Waals surface area (Å²) in [5, 5.41) is 0. The summed E-state index contributed by atoms with van der Waals surface area (Å²) in [7, 11) is 0. The summed E-state index contributed by atoms with van der Waals surface area (Å²) >= 11 is -1.97. The summed E-state index contributed by atoms with van der Waals surface area (Å²) in [4.78, 5) is 2.57. The normalized spacial score (nSPS) is 11.0. The van der Waals surface area contributed by atoms with Crippen molar-refractivity contribution in [2.45, 2.75) is 79.5 Å². The Morgan fingerprint density at radius 3 is 1.75 bits per heavy atom. The summed E-state index contributed by atoms with van der Waals surface area (Å²) in [6.07, 6.45) is 9.23. The van der Waals surface area contributed by atoms with E-state index in [1.54, 1.807) is 0 Å². The molecule has 0 rings (SSSR count). The zero-order chi connectivity index (χ0) is 12.3. The molecule has 0 aromatic carbocycles. The van der Waals surface area contributed by atoms with Crippen molar-refractivity contribution in [2.24, 2.45) is 0 Å². The molecular formula is C15H30Sn. The van der Waals surface area contributed by atoms with Gasteiger partial charge in [0.05, 0.1) is 0 Å². The third-order valence-corrected chi connectivity index (χ3v) is 13.8. The van der Waals surface area contributed by atoms with Crippen molar-refractivity contribution in [1.82, 2.24) is 0 Å². The maximum absolute atomic E-state index is 3.76. The molecule has 0 nitrogen and oxygen atoms in total. The fourth-order valence-corrected chi connectivity index (χ4v) is 11.4. The van der Waals surface area contributed by atoms with Gasteiger partial charge in [0.15, 0.2) is 0 Å². The van der Waals surface area contributed by atoms with Crippen molar-refractivity contribution in [3.05, 3.63) is 0 Å². The molecule has 0 radical (unpaired) electrons. The van der Waals surface area contributed by atoms with Crippen LogP contribution in [0.5, 0.6) is 0 Å². The standard InChI is InChI=1S/C6H9.2C4H9.CH3.Sn/c1-3-5-6-4-2;2*1-3-4-2;;/h3,5-6H2,1H3;2*1,3-4H2,2H3;1H3;. The molecule has 16 heavy (non-hydrogen) atoms. The monoisotopic (exact) mass is 330 g/mol. The molecule has 0 saturated heterocycles. The zero-order valence-corrected chi connectivity index (χ0v) is 14.7. The van der Waals surface area contributed by atoms with E-state index in [1.807, 2.05) is 0 Å². The van der Waals surface area contributed by atoms with E-state index in [2.05, 4.69) is 35.6 Å². The average molecular weight is 329 g/mol. The number of unbranched alkanes of at least 4 members (excludes halogenated alkanes) is 4. The van der Waals surface area contributed by atoms with E-state index >= 15 is 0 Å². The molecule has 0 amide bonds. The SMILES string of the molecule is CCCCC#[C][Sn]([CH3])([CH2]CCC)[CH2]CCC. The molecule has 0 saturated carbocycles. The van der Waals surface area contributed by atoms with E-state index in [9.17, 15) is 0 Å². The van der Waals surface area contributed by atoms with Gasteiger partial charge in [0.1, 0.15) is 0 Å². The molecule has 0 aliphatic rings. The van der Waals surface area contributed by atoms with Gasteiger partial charge >= 0.3 is 108 Å². The van der Waals surface area contributed by atoms with Crippen LogP contribution in [0.2, 0.25) is 13.8 Å². The Morgan fingerprint density at radius 1 is 0.812 bits per heavy atom. The van der Waals surface area contributed by atoms with Gasteiger partial charge in [0.25, 0.3) is 0 Å². The van der Waals surface area contributed by atoms with Crippen LogP contribution in [0.25, 0.3) is 0 Å². The Hall–Kier alpha value is 0.359. The zero-order valence-electron chi connectivity index (χ0n) is 11.9. The van der Waals surface area contributed by atoms with E-state index < -0.39 is 18.4 Å². The first-order valence-corrected chi connectivity index (χ1v) is 15.5. The van der Waals surface area contributed by atoms with Crippen LogP contribution in [0.4, 0.5) is 0 Å². The summed E-state index contributed by atoms with van der Waals surface area (Å²) in [5.41, 5.74) is 0. The first-order chi connectivity index (χ1) is 7.68. The third-order valence-electron chi connectivity index (χ3n) is 3.21. The Bertz CT molecular complexity index is 201. The minimum atomic E-state index is -1.97. The van der Waals surface area contributed by atoms with Crippen LogP contribution >= 0.6 is 0 Å². The van der Waals surface area contributed by atoms with E-state index in [0.717, 1.165) is 6.42 Å². The second-order valence-electron chi connectivity index (χ2n) is 5.17. The minimum absolute atomic E-state index is 1.14. The van der Waals surface area contributed by atoms with Gasteiger partial charge in [-0.15, -0.1) is 0 Å². The van der Waals surface area contributed by atoms with E-state index in [-0.39, 0.29) is 0 Å². The van der Waals surface area contributed by atoms with E-state index in [4.69, 9.17) is 0 Å². The Morgan fingerprint density at radius 2 is 1.31 bits per heavy atom. The molecular weight excluding hydrogens is 299 g/mol. The topological polar surface area (TPSA) is 0 Å². The first kappa shape index (κ1) is 16.4. The van der Waals surface area contributed by atoms with Crippen LogP contribution in [0.1, 0.15) is 65.7 Å². The van der Waals surface area contributed by atoms with Crippen molar-refractivity contribution in [3.63, 3.8) is 0 Å². The van der Waals surface area contributed by atoms with Gasteiger partial charge in [-0.1, -0.05) is 0 Å². The van der Waals surface area contributed by atoms with Crippen LogP contribution in [0.15, 0.2) is 0 Å². The third kappa shape index (κ3) is 8.50. The van der Waals surface area contributed by atoms with Crippen LogP contribution in [0, 0.1) is 9.86 Å². The summed E-state index contributed by atoms with van der Waals surface area (Å²) in [6, 6.07) is 0. The maximum atomic E-state index is 3.76. The van der Waals surface area contributed by atoms with Gasteiger partial charge < -0.3 is 0 Å². The van der Waals surface area contributed by atoms with Crippen molar-refractivity contribution in [3.8, 4) is 9.86 Å². The van der Waals surface area contributed by atoms with Gasteiger partial charge in [-0.3, -0.25) is 0 Å². The number of hydrogen-bond acceptors (Lipinski definition) is 0. The van der Waals surface area contributed by atoms with Gasteiger partial charge in [-0.2, -0.15) is 0 Å². The van der Waals surface area contributed by atoms with Crippen molar-refractivity contribution >= 4 is 18.4 Å². The molecule has 0 atom stereocenters. The molecule has 0 heterocycles. The molecule has 0 aromatic rings. The molecule has 0 spiro atoms. The van der Waals surface area contributed by atoms with Gasteiger partial charge in [0.2, 0.25) is 0 Å². The molecule has 1 heteroatoms. The Balaban J connectivity index is 4.19. The van der Waals surface area contributed by atoms with Gasteiger partial charge in [0, 0.05) is 0 Å². The molecule has 0 aliphatic carbocycles. The van der Waals surface area contributed by atoms with Crippen LogP contribution < -0.4 is 0 Å². The second kappa shape index (κ2) is 10.5. The van der Waals surface area contributed by atoms with E-state index in [0.29, 0.717) is 0 Å². The molecule has 0 aromatic heterocycles. The molecule has 0 bridgehead atoms. The van der Waals surface area contributed by atoms with Crippen LogP contribution in [-0.2, 0) is 0 Å². The fourth-order valence-electron chi connectivity index (χ4n) is 1.92. The first-order valence-electron chi connectivity index (χ1n) is 7.18. The quantitative estimate of drug-likeness (QED) is 0.318. The average Bonchev–Trinajstić information content (AvgIpc) is 2.30. The molecule has 94 valence electrons. The molecule has 0 N–H and O–H groups in total. The fraction of sp³-hybridized carbons (Fsp3) is 0.867.